The molecule has 0 bridgehead atoms. The Kier molecular flexibility index (Phi) is 9.37. The maximum Gasteiger partial charge on any atom is 0.519 e. The van der Waals surface area contributed by atoms with Gasteiger partial charge in [0.2, 0.25) is 0 Å². The lowest BCUT2D eigenvalue weighted by atomic mass is 10.2. The predicted molar refractivity (Wildman–Crippen MR) is 110 cm³/mol. The van der Waals surface area contributed by atoms with Crippen LogP contribution in [0.15, 0.2) is 48.5 Å². The van der Waals surface area contributed by atoms with Gasteiger partial charge in [-0.2, -0.15) is 0 Å². The molecule has 0 saturated carbocycles. The first-order chi connectivity index (χ1) is 14.6. The van der Waals surface area contributed by atoms with Gasteiger partial charge in [-0.05, 0) is 37.1 Å². The van der Waals surface area contributed by atoms with Crippen molar-refractivity contribution in [1.29, 1.82) is 0 Å². The number of carbonyl (C=O) groups excluding carboxylic acids is 3. The van der Waals surface area contributed by atoms with E-state index in [0.29, 0.717) is 0 Å². The van der Waals surface area contributed by atoms with Crippen LogP contribution in [0, 0.1) is 0 Å². The lowest BCUT2D eigenvalue weighted by molar-refractivity contribution is 0.0489. The summed E-state index contributed by atoms with van der Waals surface area (Å²) in [5.74, 6) is -1.17. The fraction of sp³-hybridized carbons (Fsp3) is 0.348. The van der Waals surface area contributed by atoms with Crippen molar-refractivity contribution in [3.8, 4) is 11.5 Å². The third-order valence-electron chi connectivity index (χ3n) is 4.06. The van der Waals surface area contributed by atoms with Crippen molar-refractivity contribution >= 4 is 18.1 Å². The van der Waals surface area contributed by atoms with Crippen LogP contribution < -0.4 is 9.47 Å². The molecule has 0 amide bonds. The molecular weight excluding hydrogens is 388 g/mol. The van der Waals surface area contributed by atoms with Gasteiger partial charge in [0.1, 0.15) is 22.6 Å². The van der Waals surface area contributed by atoms with Crippen LogP contribution in [0.1, 0.15) is 60.2 Å². The molecule has 0 heterocycles. The highest BCUT2D eigenvalue weighted by atomic mass is 16.7. The van der Waals surface area contributed by atoms with Crippen molar-refractivity contribution in [3.05, 3.63) is 59.7 Å². The van der Waals surface area contributed by atoms with Crippen LogP contribution >= 0.6 is 0 Å². The summed E-state index contributed by atoms with van der Waals surface area (Å²) in [6.45, 7) is 4.53. The second-order valence-corrected chi connectivity index (χ2v) is 6.43. The van der Waals surface area contributed by atoms with Gasteiger partial charge in [-0.3, -0.25) is 0 Å². The molecule has 7 heteroatoms. The Bertz CT molecular complexity index is 791. The van der Waals surface area contributed by atoms with Crippen molar-refractivity contribution in [2.75, 3.05) is 13.2 Å². The maximum absolute atomic E-state index is 12.3. The van der Waals surface area contributed by atoms with E-state index in [2.05, 4.69) is 0 Å². The fourth-order valence-electron chi connectivity index (χ4n) is 2.42. The van der Waals surface area contributed by atoms with Crippen LogP contribution in [0.4, 0.5) is 4.79 Å². The van der Waals surface area contributed by atoms with Gasteiger partial charge in [-0.25, -0.2) is 14.4 Å². The van der Waals surface area contributed by atoms with E-state index < -0.39 is 18.1 Å². The second-order valence-electron chi connectivity index (χ2n) is 6.43. The molecule has 0 radical (unpaired) electrons. The molecular formula is C23H26O7. The smallest absolute Gasteiger partial charge is 0.462 e. The number of carbonyl (C=O) groups is 3. The zero-order valence-corrected chi connectivity index (χ0v) is 17.2. The Balaban J connectivity index is 2.07. The molecule has 0 fully saturated rings. The van der Waals surface area contributed by atoms with Gasteiger partial charge in [-0.15, -0.1) is 0 Å². The summed E-state index contributed by atoms with van der Waals surface area (Å²) in [6, 6.07) is 12.4. The van der Waals surface area contributed by atoms with E-state index in [0.717, 1.165) is 25.7 Å². The number of para-hydroxylation sites is 2. The maximum atomic E-state index is 12.3. The van der Waals surface area contributed by atoms with E-state index in [1.807, 2.05) is 13.8 Å². The van der Waals surface area contributed by atoms with Crippen molar-refractivity contribution < 1.29 is 33.3 Å². The average molecular weight is 414 g/mol. The molecule has 30 heavy (non-hydrogen) atoms. The molecule has 7 nitrogen and oxygen atoms in total. The van der Waals surface area contributed by atoms with E-state index >= 15 is 0 Å². The van der Waals surface area contributed by atoms with Crippen molar-refractivity contribution in [3.63, 3.8) is 0 Å². The second kappa shape index (κ2) is 12.3. The molecule has 2 aromatic rings. The summed E-state index contributed by atoms with van der Waals surface area (Å²) in [6.07, 6.45) is 2.16. The number of esters is 2. The molecule has 0 aliphatic rings. The highest BCUT2D eigenvalue weighted by Crippen LogP contribution is 2.23. The third kappa shape index (κ3) is 6.92. The molecule has 0 aliphatic heterocycles. The van der Waals surface area contributed by atoms with Crippen molar-refractivity contribution in [2.45, 2.75) is 39.5 Å². The Morgan fingerprint density at radius 1 is 0.667 bits per heavy atom. The van der Waals surface area contributed by atoms with Crippen LogP contribution in [0.25, 0.3) is 0 Å². The Morgan fingerprint density at radius 3 is 1.47 bits per heavy atom. The zero-order chi connectivity index (χ0) is 21.8. The zero-order valence-electron chi connectivity index (χ0n) is 17.2. The molecule has 0 spiro atoms. The van der Waals surface area contributed by atoms with Crippen LogP contribution in [-0.2, 0) is 9.47 Å². The molecule has 0 saturated heterocycles. The first kappa shape index (κ1) is 22.9. The van der Waals surface area contributed by atoms with Gasteiger partial charge in [0, 0.05) is 0 Å². The van der Waals surface area contributed by atoms with Gasteiger partial charge in [-0.1, -0.05) is 51.0 Å². The minimum atomic E-state index is -1.09. The minimum absolute atomic E-state index is 0.00648. The first-order valence-electron chi connectivity index (χ1n) is 9.98. The summed E-state index contributed by atoms with van der Waals surface area (Å²) >= 11 is 0. The molecule has 0 unspecified atom stereocenters. The van der Waals surface area contributed by atoms with Crippen LogP contribution in [0.2, 0.25) is 0 Å². The number of hydrogen-bond acceptors (Lipinski definition) is 7. The SMILES string of the molecule is CCCCOC(=O)c1ccccc1OC(=O)Oc1ccccc1C(=O)OCCCC. The monoisotopic (exact) mass is 414 g/mol. The largest absolute Gasteiger partial charge is 0.519 e. The van der Waals surface area contributed by atoms with Gasteiger partial charge in [0.15, 0.2) is 0 Å². The predicted octanol–water partition coefficient (Wildman–Crippen LogP) is 5.18. The molecule has 0 aliphatic carbocycles. The highest BCUT2D eigenvalue weighted by Gasteiger charge is 2.20. The molecule has 0 atom stereocenters. The van der Waals surface area contributed by atoms with E-state index in [1.54, 1.807) is 24.3 Å². The average Bonchev–Trinajstić information content (AvgIpc) is 2.74. The van der Waals surface area contributed by atoms with E-state index in [-0.39, 0.29) is 35.8 Å². The van der Waals surface area contributed by atoms with Crippen LogP contribution in [-0.4, -0.2) is 31.3 Å². The number of ether oxygens (including phenoxy) is 4. The highest BCUT2D eigenvalue weighted by molar-refractivity contribution is 5.94. The Labute approximate surface area is 175 Å². The molecule has 2 aromatic carbocycles. The van der Waals surface area contributed by atoms with Gasteiger partial charge in [0.05, 0.1) is 13.2 Å². The summed E-state index contributed by atoms with van der Waals surface area (Å²) in [5, 5.41) is 0. The van der Waals surface area contributed by atoms with E-state index in [4.69, 9.17) is 18.9 Å². The number of unbranched alkanes of at least 4 members (excludes halogenated alkanes) is 2. The van der Waals surface area contributed by atoms with Crippen molar-refractivity contribution in [2.24, 2.45) is 0 Å². The number of benzene rings is 2. The standard InChI is InChI=1S/C23H26O7/c1-3-5-15-27-21(24)17-11-7-9-13-19(17)29-23(26)30-20-14-10-8-12-18(20)22(25)28-16-6-4-2/h7-14H,3-6,15-16H2,1-2H3. The third-order valence-corrected chi connectivity index (χ3v) is 4.06. The summed E-state index contributed by atoms with van der Waals surface area (Å²) in [5.41, 5.74) is 0.218. The molecule has 2 rings (SSSR count). The van der Waals surface area contributed by atoms with E-state index in [9.17, 15) is 14.4 Å². The minimum Gasteiger partial charge on any atom is -0.462 e. The topological polar surface area (TPSA) is 88.1 Å². The Hall–Kier alpha value is -3.35. The lowest BCUT2D eigenvalue weighted by Crippen LogP contribution is -2.18. The molecule has 0 aromatic heterocycles. The van der Waals surface area contributed by atoms with Crippen LogP contribution in [0.5, 0.6) is 11.5 Å². The lowest BCUT2D eigenvalue weighted by Gasteiger charge is -2.12. The molecule has 0 N–H and O–H groups in total. The summed E-state index contributed by atoms with van der Waals surface area (Å²) < 4.78 is 20.7. The number of rotatable bonds is 10. The fourth-order valence-corrected chi connectivity index (χ4v) is 2.42. The van der Waals surface area contributed by atoms with Crippen molar-refractivity contribution in [1.82, 2.24) is 0 Å². The van der Waals surface area contributed by atoms with Crippen LogP contribution in [0.3, 0.4) is 0 Å². The Morgan fingerprint density at radius 2 is 1.07 bits per heavy atom. The normalized spacial score (nSPS) is 10.2. The first-order valence-corrected chi connectivity index (χ1v) is 9.98. The quantitative estimate of drug-likeness (QED) is 0.301. The van der Waals surface area contributed by atoms with Gasteiger partial charge < -0.3 is 18.9 Å². The number of hydrogen-bond donors (Lipinski definition) is 0. The van der Waals surface area contributed by atoms with Gasteiger partial charge >= 0.3 is 18.1 Å². The molecule has 160 valence electrons. The van der Waals surface area contributed by atoms with E-state index in [1.165, 1.54) is 24.3 Å². The summed E-state index contributed by atoms with van der Waals surface area (Å²) in [7, 11) is 0. The summed E-state index contributed by atoms with van der Waals surface area (Å²) in [4.78, 5) is 36.8. The van der Waals surface area contributed by atoms with Gasteiger partial charge in [0.25, 0.3) is 0 Å².